The van der Waals surface area contributed by atoms with Gasteiger partial charge in [-0.1, -0.05) is 83.5 Å². The van der Waals surface area contributed by atoms with Crippen molar-refractivity contribution in [2.45, 2.75) is 23.0 Å². The molecule has 0 amide bonds. The van der Waals surface area contributed by atoms with E-state index in [9.17, 15) is 8.42 Å². The second-order valence-electron chi connectivity index (χ2n) is 6.45. The number of benzene rings is 3. The Kier molecular flexibility index (Phi) is 4.75. The summed E-state index contributed by atoms with van der Waals surface area (Å²) in [5, 5.41) is 11.4. The van der Waals surface area contributed by atoms with Crippen LogP contribution < -0.4 is 0 Å². The van der Waals surface area contributed by atoms with Crippen LogP contribution in [-0.4, -0.2) is 28.6 Å². The highest BCUT2D eigenvalue weighted by Gasteiger charge is 2.30. The van der Waals surface area contributed by atoms with Crippen LogP contribution in [0, 0.1) is 6.92 Å². The van der Waals surface area contributed by atoms with Crippen molar-refractivity contribution in [2.24, 2.45) is 0 Å². The van der Waals surface area contributed by atoms with E-state index in [2.05, 4.69) is 15.5 Å². The predicted molar refractivity (Wildman–Crippen MR) is 105 cm³/mol. The van der Waals surface area contributed by atoms with Gasteiger partial charge in [0.1, 0.15) is 6.04 Å². The third-order valence-corrected chi connectivity index (χ3v) is 6.15. The number of aromatic nitrogens is 4. The highest BCUT2D eigenvalue weighted by Crippen LogP contribution is 2.29. The van der Waals surface area contributed by atoms with Crippen LogP contribution >= 0.6 is 0 Å². The Morgan fingerprint density at radius 3 is 1.86 bits per heavy atom. The highest BCUT2D eigenvalue weighted by atomic mass is 32.2. The first-order chi connectivity index (χ1) is 13.6. The lowest BCUT2D eigenvalue weighted by molar-refractivity contribution is 0.508. The molecule has 0 saturated carbocycles. The molecular weight excluding hydrogens is 372 g/mol. The molecule has 0 atom stereocenters. The van der Waals surface area contributed by atoms with Gasteiger partial charge in [0.15, 0.2) is 0 Å². The summed E-state index contributed by atoms with van der Waals surface area (Å²) < 4.78 is 27.8. The zero-order chi connectivity index (χ0) is 19.6. The summed E-state index contributed by atoms with van der Waals surface area (Å²) in [5.41, 5.74) is 2.76. The van der Waals surface area contributed by atoms with E-state index in [-0.39, 0.29) is 10.1 Å². The first-order valence-electron chi connectivity index (χ1n) is 8.77. The molecule has 1 heterocycles. The van der Waals surface area contributed by atoms with Gasteiger partial charge in [0.05, 0.1) is 4.90 Å². The van der Waals surface area contributed by atoms with E-state index >= 15 is 0 Å². The Labute approximate surface area is 163 Å². The third kappa shape index (κ3) is 3.32. The van der Waals surface area contributed by atoms with E-state index in [1.54, 1.807) is 24.3 Å². The minimum atomic E-state index is -3.88. The SMILES string of the molecule is Cc1ccc(S(=O)(=O)c2nnnn2C(c2ccccc2)c2ccccc2)cc1. The molecule has 7 heteroatoms. The molecule has 0 saturated heterocycles. The Bertz CT molecular complexity index is 1130. The van der Waals surface area contributed by atoms with Gasteiger partial charge in [0, 0.05) is 0 Å². The first kappa shape index (κ1) is 18.1. The number of sulfone groups is 1. The highest BCUT2D eigenvalue weighted by molar-refractivity contribution is 7.91. The van der Waals surface area contributed by atoms with Crippen LogP contribution in [0.3, 0.4) is 0 Å². The van der Waals surface area contributed by atoms with Crippen LogP contribution in [0.2, 0.25) is 0 Å². The lowest BCUT2D eigenvalue weighted by Gasteiger charge is -2.19. The maximum absolute atomic E-state index is 13.2. The van der Waals surface area contributed by atoms with Crippen molar-refractivity contribution in [3.8, 4) is 0 Å². The summed E-state index contributed by atoms with van der Waals surface area (Å²) in [5.74, 6) is 0. The maximum atomic E-state index is 13.2. The van der Waals surface area contributed by atoms with Gasteiger partial charge in [-0.05, 0) is 40.6 Å². The topological polar surface area (TPSA) is 77.7 Å². The van der Waals surface area contributed by atoms with E-state index < -0.39 is 15.9 Å². The minimum Gasteiger partial charge on any atom is -0.215 e. The number of rotatable bonds is 5. The molecule has 0 aliphatic rings. The number of nitrogens with zero attached hydrogens (tertiary/aromatic N) is 4. The monoisotopic (exact) mass is 390 g/mol. The summed E-state index contributed by atoms with van der Waals surface area (Å²) in [6.45, 7) is 1.90. The molecule has 0 radical (unpaired) electrons. The molecule has 1 aromatic heterocycles. The van der Waals surface area contributed by atoms with Gasteiger partial charge in [-0.25, -0.2) is 13.1 Å². The smallest absolute Gasteiger partial charge is 0.215 e. The van der Waals surface area contributed by atoms with Crippen molar-refractivity contribution in [1.29, 1.82) is 0 Å². The minimum absolute atomic E-state index is 0.161. The summed E-state index contributed by atoms with van der Waals surface area (Å²) in [6, 6.07) is 25.4. The molecule has 3 aromatic carbocycles. The second kappa shape index (κ2) is 7.36. The van der Waals surface area contributed by atoms with Crippen LogP contribution in [0.5, 0.6) is 0 Å². The number of tetrazole rings is 1. The zero-order valence-electron chi connectivity index (χ0n) is 15.2. The van der Waals surface area contributed by atoms with Crippen molar-refractivity contribution in [2.75, 3.05) is 0 Å². The van der Waals surface area contributed by atoms with Gasteiger partial charge in [-0.2, -0.15) is 0 Å². The van der Waals surface area contributed by atoms with Crippen molar-refractivity contribution in [3.63, 3.8) is 0 Å². The molecule has 0 bridgehead atoms. The van der Waals surface area contributed by atoms with Crippen LogP contribution in [0.15, 0.2) is 95.0 Å². The average Bonchev–Trinajstić information content (AvgIpc) is 3.20. The molecule has 140 valence electrons. The summed E-state index contributed by atoms with van der Waals surface area (Å²) >= 11 is 0. The number of hydrogen-bond donors (Lipinski definition) is 0. The summed E-state index contributed by atoms with van der Waals surface area (Å²) in [6.07, 6.45) is 0. The van der Waals surface area contributed by atoms with Gasteiger partial charge in [0.2, 0.25) is 9.84 Å². The normalized spacial score (nSPS) is 11.6. The maximum Gasteiger partial charge on any atom is 0.273 e. The summed E-state index contributed by atoms with van der Waals surface area (Å²) in [7, 11) is -3.88. The lowest BCUT2D eigenvalue weighted by Crippen LogP contribution is -2.20. The molecule has 0 aliphatic heterocycles. The van der Waals surface area contributed by atoms with E-state index in [0.717, 1.165) is 16.7 Å². The fourth-order valence-electron chi connectivity index (χ4n) is 3.09. The Balaban J connectivity index is 1.89. The molecule has 0 N–H and O–H groups in total. The largest absolute Gasteiger partial charge is 0.273 e. The predicted octanol–water partition coefficient (Wildman–Crippen LogP) is 3.45. The van der Waals surface area contributed by atoms with Crippen molar-refractivity contribution in [1.82, 2.24) is 20.2 Å². The van der Waals surface area contributed by atoms with Gasteiger partial charge in [-0.15, -0.1) is 0 Å². The molecular formula is C21H18N4O2S. The lowest BCUT2D eigenvalue weighted by atomic mass is 9.99. The van der Waals surface area contributed by atoms with E-state index in [0.29, 0.717) is 0 Å². The third-order valence-electron chi connectivity index (χ3n) is 4.51. The zero-order valence-corrected chi connectivity index (χ0v) is 16.0. The summed E-state index contributed by atoms with van der Waals surface area (Å²) in [4.78, 5) is 0.161. The van der Waals surface area contributed by atoms with E-state index in [1.807, 2.05) is 67.6 Å². The second-order valence-corrected chi connectivity index (χ2v) is 8.29. The molecule has 0 aliphatic carbocycles. The molecule has 0 unspecified atom stereocenters. The average molecular weight is 390 g/mol. The Morgan fingerprint density at radius 1 is 0.786 bits per heavy atom. The van der Waals surface area contributed by atoms with Crippen LogP contribution in [0.4, 0.5) is 0 Å². The molecule has 4 aromatic rings. The fraction of sp³-hybridized carbons (Fsp3) is 0.0952. The van der Waals surface area contributed by atoms with Crippen molar-refractivity contribution in [3.05, 3.63) is 102 Å². The van der Waals surface area contributed by atoms with Gasteiger partial charge in [-0.3, -0.25) is 0 Å². The Morgan fingerprint density at radius 2 is 1.32 bits per heavy atom. The van der Waals surface area contributed by atoms with Crippen LogP contribution in [-0.2, 0) is 9.84 Å². The van der Waals surface area contributed by atoms with Gasteiger partial charge in [0.25, 0.3) is 5.16 Å². The quantitative estimate of drug-likeness (QED) is 0.522. The van der Waals surface area contributed by atoms with E-state index in [4.69, 9.17) is 0 Å². The molecule has 4 rings (SSSR count). The van der Waals surface area contributed by atoms with Crippen molar-refractivity contribution < 1.29 is 8.42 Å². The van der Waals surface area contributed by atoms with E-state index in [1.165, 1.54) is 4.68 Å². The molecule has 0 fully saturated rings. The first-order valence-corrected chi connectivity index (χ1v) is 10.3. The van der Waals surface area contributed by atoms with Crippen LogP contribution in [0.25, 0.3) is 0 Å². The fourth-order valence-corrected chi connectivity index (χ4v) is 4.33. The van der Waals surface area contributed by atoms with Crippen molar-refractivity contribution >= 4 is 9.84 Å². The number of aryl methyl sites for hydroxylation is 1. The molecule has 0 spiro atoms. The van der Waals surface area contributed by atoms with Gasteiger partial charge >= 0.3 is 0 Å². The van der Waals surface area contributed by atoms with Gasteiger partial charge < -0.3 is 0 Å². The Hall–Kier alpha value is -3.32. The standard InChI is InChI=1S/C21H18N4O2S/c1-16-12-14-19(15-13-16)28(26,27)21-22-23-24-25(21)20(17-8-4-2-5-9-17)18-10-6-3-7-11-18/h2-15,20H,1H3. The van der Waals surface area contributed by atoms with Crippen LogP contribution in [0.1, 0.15) is 22.7 Å². The number of hydrogen-bond acceptors (Lipinski definition) is 5. The molecule has 6 nitrogen and oxygen atoms in total. The molecule has 28 heavy (non-hydrogen) atoms.